The van der Waals surface area contributed by atoms with E-state index in [9.17, 15) is 18.0 Å². The second-order valence-corrected chi connectivity index (χ2v) is 8.90. The van der Waals surface area contributed by atoms with Crippen LogP contribution in [0.3, 0.4) is 0 Å². The zero-order valence-corrected chi connectivity index (χ0v) is 16.1. The highest BCUT2D eigenvalue weighted by molar-refractivity contribution is 7.89. The molecular weight excluding hydrogens is 360 g/mol. The number of methoxy groups -OCH3 is 1. The molecule has 2 atom stereocenters. The SMILES string of the molecule is COC(=O)[C@@H]1C[C@@H](NC(=O)OC(C)(C)C)CN1S(=O)(=O)c1ccccc1. The van der Waals surface area contributed by atoms with E-state index >= 15 is 0 Å². The van der Waals surface area contributed by atoms with Crippen LogP contribution < -0.4 is 5.32 Å². The Labute approximate surface area is 153 Å². The molecule has 0 unspecified atom stereocenters. The number of nitrogens with one attached hydrogen (secondary N) is 1. The van der Waals surface area contributed by atoms with Crippen LogP contribution in [-0.2, 0) is 24.3 Å². The lowest BCUT2D eigenvalue weighted by molar-refractivity contribution is -0.144. The Kier molecular flexibility index (Phi) is 5.92. The van der Waals surface area contributed by atoms with E-state index in [0.29, 0.717) is 0 Å². The number of carbonyl (C=O) groups is 2. The van der Waals surface area contributed by atoms with E-state index < -0.39 is 39.8 Å². The molecule has 1 heterocycles. The van der Waals surface area contributed by atoms with Crippen LogP contribution in [-0.4, -0.2) is 56.1 Å². The molecule has 1 saturated heterocycles. The van der Waals surface area contributed by atoms with E-state index in [0.717, 1.165) is 4.31 Å². The molecule has 1 fully saturated rings. The maximum Gasteiger partial charge on any atom is 0.407 e. The number of hydrogen-bond donors (Lipinski definition) is 1. The predicted octanol–water partition coefficient (Wildman–Crippen LogP) is 1.52. The predicted molar refractivity (Wildman–Crippen MR) is 93.9 cm³/mol. The normalized spacial score (nSPS) is 21.2. The van der Waals surface area contributed by atoms with E-state index in [1.54, 1.807) is 39.0 Å². The number of amides is 1. The molecule has 144 valence electrons. The van der Waals surface area contributed by atoms with Crippen molar-refractivity contribution in [1.29, 1.82) is 0 Å². The summed E-state index contributed by atoms with van der Waals surface area (Å²) in [6, 6.07) is 6.25. The fraction of sp³-hybridized carbons (Fsp3) is 0.529. The topological polar surface area (TPSA) is 102 Å². The highest BCUT2D eigenvalue weighted by Gasteiger charge is 2.45. The van der Waals surface area contributed by atoms with Crippen molar-refractivity contribution in [3.63, 3.8) is 0 Å². The first-order valence-electron chi connectivity index (χ1n) is 8.19. The first-order valence-corrected chi connectivity index (χ1v) is 9.63. The molecule has 26 heavy (non-hydrogen) atoms. The number of nitrogens with zero attached hydrogens (tertiary/aromatic N) is 1. The first kappa shape index (κ1) is 20.2. The second kappa shape index (κ2) is 7.63. The van der Waals surface area contributed by atoms with Gasteiger partial charge in [-0.25, -0.2) is 13.2 Å². The lowest BCUT2D eigenvalue weighted by Crippen LogP contribution is -2.42. The van der Waals surface area contributed by atoms with Crippen molar-refractivity contribution in [1.82, 2.24) is 9.62 Å². The minimum absolute atomic E-state index is 0.0454. The summed E-state index contributed by atoms with van der Waals surface area (Å²) in [6.07, 6.45) is -0.553. The fourth-order valence-corrected chi connectivity index (χ4v) is 4.38. The van der Waals surface area contributed by atoms with Gasteiger partial charge in [0.15, 0.2) is 0 Å². The number of carbonyl (C=O) groups excluding carboxylic acids is 2. The number of benzene rings is 1. The summed E-state index contributed by atoms with van der Waals surface area (Å²) in [5.41, 5.74) is -0.680. The molecule has 0 bridgehead atoms. The minimum atomic E-state index is -3.91. The van der Waals surface area contributed by atoms with Crippen LogP contribution in [0.1, 0.15) is 27.2 Å². The second-order valence-electron chi connectivity index (χ2n) is 7.01. The zero-order valence-electron chi connectivity index (χ0n) is 15.3. The van der Waals surface area contributed by atoms with Gasteiger partial charge in [-0.1, -0.05) is 18.2 Å². The van der Waals surface area contributed by atoms with Gasteiger partial charge in [0.05, 0.1) is 12.0 Å². The number of sulfonamides is 1. The average Bonchev–Trinajstić information content (AvgIpc) is 2.97. The smallest absolute Gasteiger partial charge is 0.407 e. The number of esters is 1. The van der Waals surface area contributed by atoms with Crippen molar-refractivity contribution >= 4 is 22.1 Å². The molecule has 1 aliphatic heterocycles. The zero-order chi connectivity index (χ0) is 19.5. The van der Waals surface area contributed by atoms with Crippen LogP contribution in [0, 0.1) is 0 Å². The monoisotopic (exact) mass is 384 g/mol. The third-order valence-corrected chi connectivity index (χ3v) is 5.69. The van der Waals surface area contributed by atoms with Gasteiger partial charge in [0, 0.05) is 12.6 Å². The summed E-state index contributed by atoms with van der Waals surface area (Å²) < 4.78 is 36.8. The Hall–Kier alpha value is -2.13. The van der Waals surface area contributed by atoms with E-state index in [2.05, 4.69) is 5.32 Å². The summed E-state index contributed by atoms with van der Waals surface area (Å²) in [6.45, 7) is 5.14. The number of hydrogen-bond acceptors (Lipinski definition) is 6. The van der Waals surface area contributed by atoms with Crippen LogP contribution >= 0.6 is 0 Å². The molecule has 1 aromatic rings. The van der Waals surface area contributed by atoms with Gasteiger partial charge < -0.3 is 14.8 Å². The van der Waals surface area contributed by atoms with E-state index in [-0.39, 0.29) is 17.9 Å². The van der Waals surface area contributed by atoms with E-state index in [1.165, 1.54) is 19.2 Å². The van der Waals surface area contributed by atoms with Crippen molar-refractivity contribution < 1.29 is 27.5 Å². The first-order chi connectivity index (χ1) is 12.0. The highest BCUT2D eigenvalue weighted by atomic mass is 32.2. The van der Waals surface area contributed by atoms with Crippen LogP contribution in [0.2, 0.25) is 0 Å². The van der Waals surface area contributed by atoms with Crippen molar-refractivity contribution in [2.75, 3.05) is 13.7 Å². The van der Waals surface area contributed by atoms with Gasteiger partial charge >= 0.3 is 12.1 Å². The molecule has 1 aromatic carbocycles. The van der Waals surface area contributed by atoms with E-state index in [1.807, 2.05) is 0 Å². The van der Waals surface area contributed by atoms with Gasteiger partial charge in [-0.05, 0) is 39.3 Å². The molecule has 0 aromatic heterocycles. The molecule has 1 amide bonds. The lowest BCUT2D eigenvalue weighted by atomic mass is 10.2. The van der Waals surface area contributed by atoms with Crippen molar-refractivity contribution in [2.45, 2.75) is 49.8 Å². The number of alkyl carbamates (subject to hydrolysis) is 1. The Morgan fingerprint density at radius 2 is 1.81 bits per heavy atom. The van der Waals surface area contributed by atoms with Gasteiger partial charge in [-0.2, -0.15) is 4.31 Å². The van der Waals surface area contributed by atoms with Crippen LogP contribution in [0.15, 0.2) is 35.2 Å². The summed E-state index contributed by atoms with van der Waals surface area (Å²) >= 11 is 0. The average molecular weight is 384 g/mol. The molecule has 0 aliphatic carbocycles. The van der Waals surface area contributed by atoms with Gasteiger partial charge in [0.1, 0.15) is 11.6 Å². The van der Waals surface area contributed by atoms with E-state index in [4.69, 9.17) is 9.47 Å². The van der Waals surface area contributed by atoms with Crippen molar-refractivity contribution in [3.05, 3.63) is 30.3 Å². The fourth-order valence-electron chi connectivity index (χ4n) is 2.73. The Bertz CT molecular complexity index is 757. The number of rotatable bonds is 4. The van der Waals surface area contributed by atoms with Gasteiger partial charge in [-0.15, -0.1) is 0 Å². The minimum Gasteiger partial charge on any atom is -0.468 e. The van der Waals surface area contributed by atoms with Crippen molar-refractivity contribution in [3.8, 4) is 0 Å². The molecular formula is C17H24N2O6S. The lowest BCUT2D eigenvalue weighted by Gasteiger charge is -2.22. The molecule has 2 rings (SSSR count). The maximum atomic E-state index is 12.9. The van der Waals surface area contributed by atoms with Gasteiger partial charge in [0.2, 0.25) is 10.0 Å². The summed E-state index contributed by atoms with van der Waals surface area (Å²) in [4.78, 5) is 24.1. The third kappa shape index (κ3) is 4.73. The quantitative estimate of drug-likeness (QED) is 0.790. The van der Waals surface area contributed by atoms with Crippen LogP contribution in [0.5, 0.6) is 0 Å². The molecule has 1 N–H and O–H groups in total. The number of ether oxygens (including phenoxy) is 2. The largest absolute Gasteiger partial charge is 0.468 e. The molecule has 0 saturated carbocycles. The Morgan fingerprint density at radius 3 is 2.35 bits per heavy atom. The highest BCUT2D eigenvalue weighted by Crippen LogP contribution is 2.27. The molecule has 1 aliphatic rings. The van der Waals surface area contributed by atoms with Crippen LogP contribution in [0.25, 0.3) is 0 Å². The Morgan fingerprint density at radius 1 is 1.19 bits per heavy atom. The standard InChI is InChI=1S/C17H24N2O6S/c1-17(2,3)25-16(21)18-12-10-14(15(20)24-4)19(11-12)26(22,23)13-8-6-5-7-9-13/h5-9,12,14H,10-11H2,1-4H3,(H,18,21)/t12-,14+/m1/s1. The summed E-state index contributed by atoms with van der Waals surface area (Å²) in [7, 11) is -2.71. The molecule has 0 spiro atoms. The molecule has 9 heteroatoms. The third-order valence-electron chi connectivity index (χ3n) is 3.80. The summed E-state index contributed by atoms with van der Waals surface area (Å²) in [5.74, 6) is -0.669. The maximum absolute atomic E-state index is 12.9. The van der Waals surface area contributed by atoms with Crippen molar-refractivity contribution in [2.24, 2.45) is 0 Å². The van der Waals surface area contributed by atoms with Gasteiger partial charge in [-0.3, -0.25) is 4.79 Å². The molecule has 8 nitrogen and oxygen atoms in total. The molecule has 0 radical (unpaired) electrons. The summed E-state index contributed by atoms with van der Waals surface area (Å²) in [5, 5.41) is 2.62. The van der Waals surface area contributed by atoms with Crippen LogP contribution in [0.4, 0.5) is 4.79 Å². The van der Waals surface area contributed by atoms with Gasteiger partial charge in [0.25, 0.3) is 0 Å². The Balaban J connectivity index is 2.22.